The van der Waals surface area contributed by atoms with Gasteiger partial charge in [0.2, 0.25) is 0 Å². The molecule has 0 aliphatic carbocycles. The third-order valence-corrected chi connectivity index (χ3v) is 3.12. The van der Waals surface area contributed by atoms with Gasteiger partial charge in [0.25, 0.3) is 5.91 Å². The molecular weight excluding hydrogens is 292 g/mol. The van der Waals surface area contributed by atoms with Crippen molar-refractivity contribution in [3.63, 3.8) is 0 Å². The Morgan fingerprint density at radius 2 is 2.38 bits per heavy atom. The number of hydrogen-bond donors (Lipinski definition) is 3. The van der Waals surface area contributed by atoms with Crippen molar-refractivity contribution in [1.82, 2.24) is 15.5 Å². The average Bonchev–Trinajstić information content (AvgIpc) is 3.12. The van der Waals surface area contributed by atoms with Gasteiger partial charge in [-0.2, -0.15) is 5.10 Å². The molecule has 0 radical (unpaired) electrons. The first-order valence-corrected chi connectivity index (χ1v) is 6.84. The number of nitrogens with two attached hydrogens (primary N) is 1. The van der Waals surface area contributed by atoms with Gasteiger partial charge in [-0.15, -0.1) is 12.4 Å². The highest BCUT2D eigenvalue weighted by molar-refractivity contribution is 5.93. The zero-order valence-electron chi connectivity index (χ0n) is 12.0. The van der Waals surface area contributed by atoms with E-state index in [1.807, 2.05) is 0 Å². The van der Waals surface area contributed by atoms with Gasteiger partial charge in [0.1, 0.15) is 5.69 Å². The molecule has 0 spiro atoms. The molecule has 0 aliphatic heterocycles. The predicted molar refractivity (Wildman–Crippen MR) is 83.4 cm³/mol. The van der Waals surface area contributed by atoms with Gasteiger partial charge in [-0.1, -0.05) is 19.8 Å². The van der Waals surface area contributed by atoms with Crippen LogP contribution in [0, 0.1) is 0 Å². The van der Waals surface area contributed by atoms with E-state index in [1.54, 1.807) is 24.5 Å². The Balaban J connectivity index is 0.00000220. The highest BCUT2D eigenvalue weighted by Crippen LogP contribution is 2.17. The predicted octanol–water partition coefficient (Wildman–Crippen LogP) is 2.34. The van der Waals surface area contributed by atoms with Gasteiger partial charge < -0.3 is 15.5 Å². The van der Waals surface area contributed by atoms with Crippen LogP contribution in [0.5, 0.6) is 0 Å². The van der Waals surface area contributed by atoms with E-state index in [0.29, 0.717) is 23.7 Å². The van der Waals surface area contributed by atoms with E-state index < -0.39 is 0 Å². The minimum Gasteiger partial charge on any atom is -0.463 e. The summed E-state index contributed by atoms with van der Waals surface area (Å²) in [5, 5.41) is 9.69. The molecule has 116 valence electrons. The number of nitrogens with zero attached hydrogens (tertiary/aromatic N) is 1. The van der Waals surface area contributed by atoms with Gasteiger partial charge in [-0.05, 0) is 18.6 Å². The van der Waals surface area contributed by atoms with E-state index in [1.165, 1.54) is 0 Å². The SMILES string of the molecule is CCCCC(CN)NC(=O)c1cc(-c2ccco2)[nH]n1.Cl. The Bertz CT molecular complexity index is 539. The number of hydrogen-bond acceptors (Lipinski definition) is 4. The number of H-pyrrole nitrogens is 1. The number of rotatable bonds is 7. The average molecular weight is 313 g/mol. The van der Waals surface area contributed by atoms with Gasteiger partial charge in [0, 0.05) is 18.7 Å². The molecule has 0 saturated heterocycles. The molecule has 0 aliphatic rings. The van der Waals surface area contributed by atoms with E-state index in [2.05, 4.69) is 22.4 Å². The van der Waals surface area contributed by atoms with Crippen molar-refractivity contribution in [3.8, 4) is 11.5 Å². The zero-order chi connectivity index (χ0) is 14.4. The van der Waals surface area contributed by atoms with Crippen molar-refractivity contribution in [2.45, 2.75) is 32.2 Å². The third-order valence-electron chi connectivity index (χ3n) is 3.12. The number of amides is 1. The molecule has 2 aromatic rings. The molecule has 6 nitrogen and oxygen atoms in total. The zero-order valence-corrected chi connectivity index (χ0v) is 12.8. The number of carbonyl (C=O) groups excluding carboxylic acids is 1. The quantitative estimate of drug-likeness (QED) is 0.731. The Morgan fingerprint density at radius 1 is 1.57 bits per heavy atom. The van der Waals surface area contributed by atoms with Gasteiger partial charge in [0.05, 0.1) is 6.26 Å². The Labute approximate surface area is 129 Å². The highest BCUT2D eigenvalue weighted by Gasteiger charge is 2.16. The topological polar surface area (TPSA) is 96.9 Å². The summed E-state index contributed by atoms with van der Waals surface area (Å²) in [5.41, 5.74) is 6.68. The molecule has 21 heavy (non-hydrogen) atoms. The van der Waals surface area contributed by atoms with Crippen LogP contribution in [0.1, 0.15) is 36.7 Å². The molecule has 4 N–H and O–H groups in total. The van der Waals surface area contributed by atoms with Crippen LogP contribution in [0.4, 0.5) is 0 Å². The van der Waals surface area contributed by atoms with Crippen molar-refractivity contribution >= 4 is 18.3 Å². The number of nitrogens with one attached hydrogen (secondary N) is 2. The van der Waals surface area contributed by atoms with Crippen LogP contribution in [-0.4, -0.2) is 28.7 Å². The minimum atomic E-state index is -0.217. The van der Waals surface area contributed by atoms with Crippen molar-refractivity contribution < 1.29 is 9.21 Å². The molecule has 0 fully saturated rings. The Kier molecular flexibility index (Phi) is 6.98. The lowest BCUT2D eigenvalue weighted by atomic mass is 10.1. The molecule has 7 heteroatoms. The number of aromatic nitrogens is 2. The van der Waals surface area contributed by atoms with Gasteiger partial charge in [-0.25, -0.2) is 0 Å². The lowest BCUT2D eigenvalue weighted by Crippen LogP contribution is -2.40. The van der Waals surface area contributed by atoms with Gasteiger partial charge in [0.15, 0.2) is 11.5 Å². The molecular formula is C14H21ClN4O2. The Hall–Kier alpha value is -1.79. The first kappa shape index (κ1) is 17.3. The summed E-state index contributed by atoms with van der Waals surface area (Å²) in [6, 6.07) is 5.25. The van der Waals surface area contributed by atoms with Crippen LogP contribution >= 0.6 is 12.4 Å². The molecule has 2 heterocycles. The monoisotopic (exact) mass is 312 g/mol. The molecule has 1 unspecified atom stereocenters. The Morgan fingerprint density at radius 3 is 3.00 bits per heavy atom. The second-order valence-corrected chi connectivity index (χ2v) is 4.69. The summed E-state index contributed by atoms with van der Waals surface area (Å²) < 4.78 is 5.25. The number of carbonyl (C=O) groups is 1. The second-order valence-electron chi connectivity index (χ2n) is 4.69. The van der Waals surface area contributed by atoms with Crippen LogP contribution in [0.15, 0.2) is 28.9 Å². The van der Waals surface area contributed by atoms with Crippen molar-refractivity contribution in [1.29, 1.82) is 0 Å². The fourth-order valence-electron chi connectivity index (χ4n) is 1.95. The normalized spacial score (nSPS) is 11.7. The first-order valence-electron chi connectivity index (χ1n) is 6.84. The summed E-state index contributed by atoms with van der Waals surface area (Å²) in [6.07, 6.45) is 4.58. The van der Waals surface area contributed by atoms with Crippen LogP contribution in [-0.2, 0) is 0 Å². The number of aromatic amines is 1. The van der Waals surface area contributed by atoms with Crippen LogP contribution in [0.25, 0.3) is 11.5 Å². The standard InChI is InChI=1S/C14H20N4O2.ClH/c1-2-3-5-10(9-15)16-14(19)12-8-11(17-18-12)13-6-4-7-20-13;/h4,6-8,10H,2-3,5,9,15H2,1H3,(H,16,19)(H,17,18);1H. The summed E-state index contributed by atoms with van der Waals surface area (Å²) in [5.74, 6) is 0.434. The smallest absolute Gasteiger partial charge is 0.272 e. The molecule has 0 saturated carbocycles. The van der Waals surface area contributed by atoms with E-state index >= 15 is 0 Å². The number of halogens is 1. The first-order chi connectivity index (χ1) is 9.74. The van der Waals surface area contributed by atoms with Gasteiger partial charge in [-0.3, -0.25) is 9.89 Å². The minimum absolute atomic E-state index is 0. The van der Waals surface area contributed by atoms with Crippen LogP contribution in [0.3, 0.4) is 0 Å². The lowest BCUT2D eigenvalue weighted by Gasteiger charge is -2.15. The number of furan rings is 1. The molecule has 1 atom stereocenters. The summed E-state index contributed by atoms with van der Waals surface area (Å²) in [6.45, 7) is 2.54. The van der Waals surface area contributed by atoms with Crippen LogP contribution < -0.4 is 11.1 Å². The molecule has 1 amide bonds. The second kappa shape index (κ2) is 8.49. The van der Waals surface area contributed by atoms with Crippen molar-refractivity contribution in [3.05, 3.63) is 30.2 Å². The van der Waals surface area contributed by atoms with E-state index in [4.69, 9.17) is 10.2 Å². The lowest BCUT2D eigenvalue weighted by molar-refractivity contribution is 0.0930. The maximum absolute atomic E-state index is 12.1. The molecule has 0 bridgehead atoms. The fraction of sp³-hybridized carbons (Fsp3) is 0.429. The van der Waals surface area contributed by atoms with E-state index in [-0.39, 0.29) is 24.4 Å². The maximum atomic E-state index is 12.1. The maximum Gasteiger partial charge on any atom is 0.272 e. The van der Waals surface area contributed by atoms with Gasteiger partial charge >= 0.3 is 0 Å². The largest absolute Gasteiger partial charge is 0.463 e. The van der Waals surface area contributed by atoms with Crippen LogP contribution in [0.2, 0.25) is 0 Å². The summed E-state index contributed by atoms with van der Waals surface area (Å²) in [7, 11) is 0. The number of unbranched alkanes of at least 4 members (excludes halogenated alkanes) is 1. The fourth-order valence-corrected chi connectivity index (χ4v) is 1.95. The van der Waals surface area contributed by atoms with E-state index in [0.717, 1.165) is 19.3 Å². The molecule has 2 aromatic heterocycles. The molecule has 0 aromatic carbocycles. The molecule has 2 rings (SSSR count). The van der Waals surface area contributed by atoms with Crippen molar-refractivity contribution in [2.75, 3.05) is 6.54 Å². The summed E-state index contributed by atoms with van der Waals surface area (Å²) in [4.78, 5) is 12.1. The highest BCUT2D eigenvalue weighted by atomic mass is 35.5. The summed E-state index contributed by atoms with van der Waals surface area (Å²) >= 11 is 0. The third kappa shape index (κ3) is 4.61. The van der Waals surface area contributed by atoms with E-state index in [9.17, 15) is 4.79 Å². The van der Waals surface area contributed by atoms with Crippen molar-refractivity contribution in [2.24, 2.45) is 5.73 Å².